The van der Waals surface area contributed by atoms with Gasteiger partial charge in [0.05, 0.1) is 47.6 Å². The van der Waals surface area contributed by atoms with E-state index in [0.29, 0.717) is 37.2 Å². The van der Waals surface area contributed by atoms with Crippen molar-refractivity contribution >= 4 is 27.7 Å². The highest BCUT2D eigenvalue weighted by Gasteiger charge is 2.74. The Hall–Kier alpha value is -3.80. The lowest BCUT2D eigenvalue weighted by atomic mass is 9.48. The van der Waals surface area contributed by atoms with Crippen molar-refractivity contribution in [2.45, 2.75) is 59.8 Å². The molecule has 10 nitrogen and oxygen atoms in total. The summed E-state index contributed by atoms with van der Waals surface area (Å²) in [5.74, 6) is 0.958. The molecule has 1 saturated heterocycles. The number of sulfonamides is 1. The first-order valence-electron chi connectivity index (χ1n) is 14.9. The molecule has 1 spiro atoms. The maximum absolute atomic E-state index is 14.2. The van der Waals surface area contributed by atoms with E-state index in [1.54, 1.807) is 68.0 Å². The molecule has 1 aromatic heterocycles. The molecule has 3 aromatic rings. The summed E-state index contributed by atoms with van der Waals surface area (Å²) in [4.78, 5) is 17.2. The average Bonchev–Trinajstić information content (AvgIpc) is 3.65. The van der Waals surface area contributed by atoms with Gasteiger partial charge in [0.2, 0.25) is 15.9 Å². The van der Waals surface area contributed by atoms with Crippen LogP contribution in [0.25, 0.3) is 6.08 Å². The van der Waals surface area contributed by atoms with Crippen LogP contribution < -0.4 is 14.4 Å². The van der Waals surface area contributed by atoms with E-state index >= 15 is 0 Å². The summed E-state index contributed by atoms with van der Waals surface area (Å²) in [7, 11) is 3.23. The Balaban J connectivity index is 1.29. The monoisotopic (exact) mass is 619 g/mol. The molecular weight excluding hydrogens is 582 g/mol. The number of ether oxygens (including phenoxy) is 2. The number of anilines is 1. The van der Waals surface area contributed by atoms with Gasteiger partial charge in [0, 0.05) is 50.6 Å². The predicted molar refractivity (Wildman–Crippen MR) is 164 cm³/mol. The predicted octanol–water partition coefficient (Wildman–Crippen LogP) is 3.44. The first kappa shape index (κ1) is 28.9. The Kier molecular flexibility index (Phi) is 6.65. The number of furan rings is 1. The number of methoxy groups -OCH3 is 1. The molecule has 1 amide bonds. The lowest BCUT2D eigenvalue weighted by molar-refractivity contribution is -0.186. The van der Waals surface area contributed by atoms with Crippen molar-refractivity contribution in [1.29, 1.82) is 0 Å². The molecule has 5 atom stereocenters. The molecule has 3 heterocycles. The molecule has 2 aromatic carbocycles. The minimum atomic E-state index is -3.93. The molecule has 2 aliphatic carbocycles. The number of nitrogens with zero attached hydrogens (tertiary/aromatic N) is 3. The Bertz CT molecular complexity index is 1740. The molecule has 7 rings (SSSR count). The maximum atomic E-state index is 14.2. The van der Waals surface area contributed by atoms with Gasteiger partial charge in [-0.3, -0.25) is 4.79 Å². The van der Waals surface area contributed by atoms with Crippen molar-refractivity contribution in [3.05, 3.63) is 77.8 Å². The number of hydrogen-bond acceptors (Lipinski definition) is 8. The van der Waals surface area contributed by atoms with Crippen LogP contribution in [0.5, 0.6) is 11.5 Å². The number of likely N-dealkylation sites (N-methyl/N-ethyl adjacent to an activating group) is 1. The van der Waals surface area contributed by atoms with Crippen LogP contribution in [-0.4, -0.2) is 87.2 Å². The van der Waals surface area contributed by atoms with E-state index in [-0.39, 0.29) is 23.4 Å². The van der Waals surface area contributed by atoms with E-state index in [4.69, 9.17) is 13.9 Å². The van der Waals surface area contributed by atoms with Crippen LogP contribution in [0, 0.1) is 0 Å². The molecule has 2 aliphatic heterocycles. The summed E-state index contributed by atoms with van der Waals surface area (Å²) in [6, 6.07) is 11.4. The quantitative estimate of drug-likeness (QED) is 0.401. The second-order valence-electron chi connectivity index (χ2n) is 12.5. The third kappa shape index (κ3) is 3.92. The smallest absolute Gasteiger partial charge is 0.246 e. The zero-order chi connectivity index (χ0) is 31.0. The number of carbonyl (C=O) groups is 1. The molecule has 1 N–H and O–H groups in total. The highest BCUT2D eigenvalue weighted by atomic mass is 32.2. The molecular formula is C33H37N3O7S. The van der Waals surface area contributed by atoms with Crippen LogP contribution in [0.1, 0.15) is 36.0 Å². The van der Waals surface area contributed by atoms with E-state index in [2.05, 4.69) is 0 Å². The van der Waals surface area contributed by atoms with Crippen molar-refractivity contribution < 1.29 is 32.2 Å². The van der Waals surface area contributed by atoms with Gasteiger partial charge in [-0.1, -0.05) is 6.07 Å². The lowest BCUT2D eigenvalue weighted by Gasteiger charge is -2.64. The van der Waals surface area contributed by atoms with Gasteiger partial charge in [0.15, 0.2) is 11.5 Å². The van der Waals surface area contributed by atoms with E-state index in [1.165, 1.54) is 10.4 Å². The number of rotatable bonds is 7. The number of benzene rings is 2. The molecule has 0 radical (unpaired) electrons. The molecule has 2 bridgehead atoms. The zero-order valence-corrected chi connectivity index (χ0v) is 26.1. The first-order valence-corrected chi connectivity index (χ1v) is 16.3. The number of aliphatic hydroxyl groups is 1. The van der Waals surface area contributed by atoms with Gasteiger partial charge in [-0.2, -0.15) is 4.31 Å². The van der Waals surface area contributed by atoms with Crippen LogP contribution in [-0.2, 0) is 26.7 Å². The summed E-state index contributed by atoms with van der Waals surface area (Å²) in [6.07, 6.45) is 7.19. The van der Waals surface area contributed by atoms with Crippen LogP contribution >= 0.6 is 0 Å². The van der Waals surface area contributed by atoms with Gasteiger partial charge >= 0.3 is 0 Å². The Morgan fingerprint density at radius 2 is 1.89 bits per heavy atom. The summed E-state index contributed by atoms with van der Waals surface area (Å²) in [6.45, 7) is 0.214. The highest BCUT2D eigenvalue weighted by Crippen LogP contribution is 2.66. The molecule has 0 unspecified atom stereocenters. The van der Waals surface area contributed by atoms with Gasteiger partial charge < -0.3 is 28.8 Å². The number of hydrogen-bond donors (Lipinski definition) is 1. The van der Waals surface area contributed by atoms with Crippen LogP contribution in [0.3, 0.4) is 0 Å². The van der Waals surface area contributed by atoms with Gasteiger partial charge in [-0.15, -0.1) is 0 Å². The molecule has 232 valence electrons. The summed E-state index contributed by atoms with van der Waals surface area (Å²) < 4.78 is 47.5. The molecule has 44 heavy (non-hydrogen) atoms. The van der Waals surface area contributed by atoms with Crippen molar-refractivity contribution in [3.8, 4) is 11.5 Å². The fourth-order valence-electron chi connectivity index (χ4n) is 8.18. The average molecular weight is 620 g/mol. The third-order valence-corrected chi connectivity index (χ3v) is 12.3. The van der Waals surface area contributed by atoms with Crippen molar-refractivity contribution in [2.75, 3.05) is 39.7 Å². The summed E-state index contributed by atoms with van der Waals surface area (Å²) >= 11 is 0. The fraction of sp³-hybridized carbons (Fsp3) is 0.424. The maximum Gasteiger partial charge on any atom is 0.246 e. The van der Waals surface area contributed by atoms with E-state index in [9.17, 15) is 18.3 Å². The van der Waals surface area contributed by atoms with E-state index in [0.717, 1.165) is 22.4 Å². The lowest BCUT2D eigenvalue weighted by Crippen LogP contribution is -2.78. The molecule has 4 aliphatic rings. The minimum absolute atomic E-state index is 0.196. The Morgan fingerprint density at radius 1 is 1.11 bits per heavy atom. The van der Waals surface area contributed by atoms with Crippen LogP contribution in [0.15, 0.2) is 70.4 Å². The fourth-order valence-corrected chi connectivity index (χ4v) is 9.85. The molecule has 2 fully saturated rings. The Labute approximate surface area is 257 Å². The van der Waals surface area contributed by atoms with Crippen LogP contribution in [0.4, 0.5) is 5.69 Å². The summed E-state index contributed by atoms with van der Waals surface area (Å²) in [5.41, 5.74) is 1.19. The largest absolute Gasteiger partial charge is 0.493 e. The third-order valence-electron chi connectivity index (χ3n) is 10.4. The SMILES string of the molecule is COc1ccc2c3c1O[C@H]1[C@H](N(C)C(=O)/C=C\c4ccoc4)CC[C@@]4(O)[C@@H](C2)N(S(=O)(=O)c2ccc(N(C)C)cc2)CC[C@]314. The second-order valence-corrected chi connectivity index (χ2v) is 14.4. The minimum Gasteiger partial charge on any atom is -0.493 e. The number of piperidine rings is 1. The standard InChI is InChI=1S/C33H37N3O7S/c1-34(2)23-7-9-24(10-8-23)44(39,40)36-17-16-32-29-22-6-11-26(41-4)30(29)43-31(32)25(13-15-33(32,38)27(36)19-22)35(3)28(37)12-5-21-14-18-42-20-21/h5-12,14,18,20,25,27,31,38H,13,15-17,19H2,1-4H3/b12-5-/t25-,27-,31+,32+,33-/m1/s1. The van der Waals surface area contributed by atoms with E-state index < -0.39 is 33.2 Å². The van der Waals surface area contributed by atoms with E-state index in [1.807, 2.05) is 31.1 Å². The van der Waals surface area contributed by atoms with Crippen molar-refractivity contribution in [3.63, 3.8) is 0 Å². The van der Waals surface area contributed by atoms with Gasteiger partial charge in [-0.05, 0) is 73.7 Å². The topological polar surface area (TPSA) is 113 Å². The number of amides is 1. The van der Waals surface area contributed by atoms with Crippen molar-refractivity contribution in [2.24, 2.45) is 0 Å². The van der Waals surface area contributed by atoms with Gasteiger partial charge in [0.1, 0.15) is 6.10 Å². The Morgan fingerprint density at radius 3 is 2.57 bits per heavy atom. The van der Waals surface area contributed by atoms with Crippen molar-refractivity contribution in [1.82, 2.24) is 9.21 Å². The normalized spacial score (nSPS) is 28.8. The second kappa shape index (κ2) is 10.1. The van der Waals surface area contributed by atoms with Gasteiger partial charge in [0.25, 0.3) is 0 Å². The highest BCUT2D eigenvalue weighted by molar-refractivity contribution is 7.89. The molecule has 1 saturated carbocycles. The zero-order valence-electron chi connectivity index (χ0n) is 25.3. The van der Waals surface area contributed by atoms with Gasteiger partial charge in [-0.25, -0.2) is 8.42 Å². The van der Waals surface area contributed by atoms with Crippen LogP contribution in [0.2, 0.25) is 0 Å². The molecule has 11 heteroatoms. The first-order chi connectivity index (χ1) is 21.0. The summed E-state index contributed by atoms with van der Waals surface area (Å²) in [5, 5.41) is 12.9. The number of carbonyl (C=O) groups excluding carboxylic acids is 1.